The first-order valence-electron chi connectivity index (χ1n) is 10.5. The molecule has 2 aromatic rings. The first-order chi connectivity index (χ1) is 16.3. The van der Waals surface area contributed by atoms with Crippen LogP contribution in [0.2, 0.25) is 0 Å². The minimum Gasteiger partial charge on any atom is -0.422 e. The summed E-state index contributed by atoms with van der Waals surface area (Å²) in [5, 5.41) is 0. The second-order valence-electron chi connectivity index (χ2n) is 7.61. The van der Waals surface area contributed by atoms with Gasteiger partial charge in [-0.25, -0.2) is 28.8 Å². The van der Waals surface area contributed by atoms with Gasteiger partial charge in [-0.1, -0.05) is 19.8 Å². The van der Waals surface area contributed by atoms with Crippen LogP contribution < -0.4 is 0 Å². The Morgan fingerprint density at radius 2 is 1.15 bits per heavy atom. The maximum atomic E-state index is 12.7. The summed E-state index contributed by atoms with van der Waals surface area (Å²) in [6, 6.07) is 7.52. The van der Waals surface area contributed by atoms with Gasteiger partial charge in [0.1, 0.15) is 0 Å². The Hall–Kier alpha value is -4.34. The van der Waals surface area contributed by atoms with Gasteiger partial charge in [0, 0.05) is 6.42 Å². The van der Waals surface area contributed by atoms with E-state index in [1.165, 1.54) is 36.4 Å². The Kier molecular flexibility index (Phi) is 6.22. The molecule has 0 saturated heterocycles. The molecule has 2 aliphatic rings. The van der Waals surface area contributed by atoms with E-state index in [4.69, 9.17) is 9.47 Å². The van der Waals surface area contributed by atoms with E-state index < -0.39 is 42.1 Å². The average molecular weight is 466 g/mol. The largest absolute Gasteiger partial charge is 0.422 e. The van der Waals surface area contributed by atoms with Crippen LogP contribution in [0.4, 0.5) is 0 Å². The van der Waals surface area contributed by atoms with E-state index in [0.717, 1.165) is 12.8 Å². The van der Waals surface area contributed by atoms with Gasteiger partial charge in [-0.05, 0) is 42.8 Å². The van der Waals surface area contributed by atoms with Crippen LogP contribution in [0.3, 0.4) is 0 Å². The zero-order chi connectivity index (χ0) is 24.4. The third-order valence-corrected chi connectivity index (χ3v) is 5.28. The summed E-state index contributed by atoms with van der Waals surface area (Å²) in [6.07, 6.45) is 1.22. The quantitative estimate of drug-likeness (QED) is 0.187. The predicted octanol–water partition coefficient (Wildman–Crippen LogP) is 3.23. The fraction of sp³-hybridized carbons (Fsp3) is 0.250. The second kappa shape index (κ2) is 9.26. The molecule has 0 aliphatic carbocycles. The molecule has 2 heterocycles. The van der Waals surface area contributed by atoms with Crippen LogP contribution >= 0.6 is 0 Å². The van der Waals surface area contributed by atoms with Crippen molar-refractivity contribution in [1.29, 1.82) is 0 Å². The fourth-order valence-corrected chi connectivity index (χ4v) is 3.50. The molecule has 10 nitrogen and oxygen atoms in total. The van der Waals surface area contributed by atoms with Crippen molar-refractivity contribution in [3.63, 3.8) is 0 Å². The molecule has 10 heteroatoms. The van der Waals surface area contributed by atoms with Crippen molar-refractivity contribution in [1.82, 2.24) is 0 Å². The minimum atomic E-state index is -1.25. The molecule has 0 unspecified atom stereocenters. The monoisotopic (exact) mass is 466 g/mol. The molecule has 0 atom stereocenters. The van der Waals surface area contributed by atoms with Crippen molar-refractivity contribution in [2.75, 3.05) is 0 Å². The van der Waals surface area contributed by atoms with E-state index in [0.29, 0.717) is 6.42 Å². The lowest BCUT2D eigenvalue weighted by molar-refractivity contribution is -0.0837. The highest BCUT2D eigenvalue weighted by Crippen LogP contribution is 2.24. The number of hydrogen-bond acceptors (Lipinski definition) is 10. The fourth-order valence-electron chi connectivity index (χ4n) is 3.50. The SMILES string of the molecule is CCCCCC(OC(=O)c1ccc2c(c1)C(=O)OC2=O)OC(=O)c1ccc2c(c1)C(=O)OC2=O. The number of carbonyl (C=O) groups excluding carboxylic acids is 6. The molecule has 34 heavy (non-hydrogen) atoms. The number of unbranched alkanes of at least 4 members (excludes halogenated alkanes) is 2. The van der Waals surface area contributed by atoms with Crippen LogP contribution in [0, 0.1) is 0 Å². The summed E-state index contributed by atoms with van der Waals surface area (Å²) in [6.45, 7) is 1.98. The number of benzene rings is 2. The molecule has 0 N–H and O–H groups in total. The second-order valence-corrected chi connectivity index (χ2v) is 7.61. The van der Waals surface area contributed by atoms with Crippen LogP contribution in [0.15, 0.2) is 36.4 Å². The number of ether oxygens (including phenoxy) is 4. The molecular formula is C24H18O10. The van der Waals surface area contributed by atoms with E-state index >= 15 is 0 Å². The highest BCUT2D eigenvalue weighted by Gasteiger charge is 2.32. The van der Waals surface area contributed by atoms with Crippen molar-refractivity contribution >= 4 is 35.8 Å². The van der Waals surface area contributed by atoms with Gasteiger partial charge in [0.05, 0.1) is 33.4 Å². The van der Waals surface area contributed by atoms with E-state index in [9.17, 15) is 28.8 Å². The third kappa shape index (κ3) is 4.42. The Labute approximate surface area is 192 Å². The van der Waals surface area contributed by atoms with Crippen LogP contribution in [-0.4, -0.2) is 42.1 Å². The van der Waals surface area contributed by atoms with Crippen LogP contribution in [0.5, 0.6) is 0 Å². The summed E-state index contributed by atoms with van der Waals surface area (Å²) in [7, 11) is 0. The van der Waals surface area contributed by atoms with Gasteiger partial charge in [-0.3, -0.25) is 0 Å². The number of esters is 6. The summed E-state index contributed by atoms with van der Waals surface area (Å²) in [5.74, 6) is -5.07. The van der Waals surface area contributed by atoms with Crippen molar-refractivity contribution in [2.24, 2.45) is 0 Å². The van der Waals surface area contributed by atoms with Gasteiger partial charge in [0.2, 0.25) is 6.29 Å². The van der Waals surface area contributed by atoms with Crippen LogP contribution in [-0.2, 0) is 18.9 Å². The Balaban J connectivity index is 1.50. The minimum absolute atomic E-state index is 0.0271. The van der Waals surface area contributed by atoms with Gasteiger partial charge in [-0.15, -0.1) is 0 Å². The van der Waals surface area contributed by atoms with E-state index in [2.05, 4.69) is 9.47 Å². The first kappa shape index (κ1) is 22.8. The standard InChI is InChI=1S/C24H18O10/c1-2-3-4-5-18(31-19(25)12-6-8-14-16(10-12)23(29)33-21(14)27)32-20(26)13-7-9-15-17(11-13)24(30)34-22(15)28/h6-11,18H,2-5H2,1H3. The predicted molar refractivity (Wildman–Crippen MR) is 111 cm³/mol. The van der Waals surface area contributed by atoms with Gasteiger partial charge >= 0.3 is 35.8 Å². The summed E-state index contributed by atoms with van der Waals surface area (Å²) >= 11 is 0. The van der Waals surface area contributed by atoms with E-state index in [1.54, 1.807) is 0 Å². The number of hydrogen-bond donors (Lipinski definition) is 0. The van der Waals surface area contributed by atoms with Gasteiger partial charge in [-0.2, -0.15) is 0 Å². The van der Waals surface area contributed by atoms with Crippen molar-refractivity contribution < 1.29 is 47.7 Å². The molecule has 0 radical (unpaired) electrons. The zero-order valence-corrected chi connectivity index (χ0v) is 18.0. The Morgan fingerprint density at radius 3 is 1.59 bits per heavy atom. The molecule has 0 saturated carbocycles. The smallest absolute Gasteiger partial charge is 0.346 e. The van der Waals surface area contributed by atoms with Crippen molar-refractivity contribution in [3.05, 3.63) is 69.8 Å². The molecule has 2 aliphatic heterocycles. The summed E-state index contributed by atoms with van der Waals surface area (Å²) in [4.78, 5) is 72.0. The number of rotatable bonds is 8. The highest BCUT2D eigenvalue weighted by molar-refractivity contribution is 6.16. The van der Waals surface area contributed by atoms with Gasteiger partial charge in [0.25, 0.3) is 0 Å². The third-order valence-electron chi connectivity index (χ3n) is 5.28. The molecule has 174 valence electrons. The Bertz CT molecular complexity index is 1150. The summed E-state index contributed by atoms with van der Waals surface area (Å²) in [5.41, 5.74) is -0.0826. The molecule has 0 spiro atoms. The molecule has 0 aromatic heterocycles. The maximum Gasteiger partial charge on any atom is 0.346 e. The van der Waals surface area contributed by atoms with Crippen LogP contribution in [0.25, 0.3) is 0 Å². The first-order valence-corrected chi connectivity index (χ1v) is 10.5. The van der Waals surface area contributed by atoms with Gasteiger partial charge < -0.3 is 18.9 Å². The lowest BCUT2D eigenvalue weighted by atomic mass is 10.1. The van der Waals surface area contributed by atoms with Crippen molar-refractivity contribution in [3.8, 4) is 0 Å². The molecule has 4 rings (SSSR count). The summed E-state index contributed by atoms with van der Waals surface area (Å²) < 4.78 is 19.7. The highest BCUT2D eigenvalue weighted by atomic mass is 16.7. The number of carbonyl (C=O) groups is 6. The molecule has 0 amide bonds. The van der Waals surface area contributed by atoms with E-state index in [1.807, 2.05) is 6.92 Å². The maximum absolute atomic E-state index is 12.7. The van der Waals surface area contributed by atoms with Gasteiger partial charge in [0.15, 0.2) is 0 Å². The topological polar surface area (TPSA) is 139 Å². The molecule has 0 bridgehead atoms. The lowest BCUT2D eigenvalue weighted by Gasteiger charge is -2.18. The Morgan fingerprint density at radius 1 is 0.706 bits per heavy atom. The molecule has 0 fully saturated rings. The van der Waals surface area contributed by atoms with E-state index in [-0.39, 0.29) is 39.8 Å². The van der Waals surface area contributed by atoms with Crippen LogP contribution in [0.1, 0.15) is 94.8 Å². The zero-order valence-electron chi connectivity index (χ0n) is 18.0. The average Bonchev–Trinajstić information content (AvgIpc) is 3.27. The lowest BCUT2D eigenvalue weighted by Crippen LogP contribution is -2.25. The molecular weight excluding hydrogens is 448 g/mol. The van der Waals surface area contributed by atoms with Crippen molar-refractivity contribution in [2.45, 2.75) is 38.9 Å². The number of fused-ring (bicyclic) bond motifs is 2. The number of cyclic esters (lactones) is 4. The molecule has 2 aromatic carbocycles. The normalized spacial score (nSPS) is 13.9.